The highest BCUT2D eigenvalue weighted by Gasteiger charge is 2.28. The molecule has 0 aliphatic carbocycles. The van der Waals surface area contributed by atoms with Gasteiger partial charge in [-0.3, -0.25) is 4.79 Å². The molecule has 112 valence electrons. The minimum absolute atomic E-state index is 0. The summed E-state index contributed by atoms with van der Waals surface area (Å²) in [6, 6.07) is 3.83. The molecule has 2 rings (SSSR count). The van der Waals surface area contributed by atoms with E-state index in [-0.39, 0.29) is 24.1 Å². The SMILES string of the molecule is CCOc1ccc(NC(=O)C2CC(O)CN2)cc1F.Cl. The molecule has 5 nitrogen and oxygen atoms in total. The van der Waals surface area contributed by atoms with Crippen molar-refractivity contribution in [1.82, 2.24) is 5.32 Å². The van der Waals surface area contributed by atoms with E-state index in [1.165, 1.54) is 12.1 Å². The summed E-state index contributed by atoms with van der Waals surface area (Å²) >= 11 is 0. The van der Waals surface area contributed by atoms with Gasteiger partial charge in [-0.1, -0.05) is 0 Å². The maximum atomic E-state index is 13.6. The van der Waals surface area contributed by atoms with Crippen LogP contribution in [0.2, 0.25) is 0 Å². The predicted molar refractivity (Wildman–Crippen MR) is 75.9 cm³/mol. The number of anilines is 1. The molecule has 1 saturated heterocycles. The quantitative estimate of drug-likeness (QED) is 0.784. The minimum atomic E-state index is -0.515. The van der Waals surface area contributed by atoms with Crippen LogP contribution in [0.5, 0.6) is 5.75 Å². The Bertz CT molecular complexity index is 473. The van der Waals surface area contributed by atoms with Crippen molar-refractivity contribution >= 4 is 24.0 Å². The van der Waals surface area contributed by atoms with E-state index in [0.717, 1.165) is 0 Å². The van der Waals surface area contributed by atoms with Crippen LogP contribution in [0, 0.1) is 5.82 Å². The van der Waals surface area contributed by atoms with Gasteiger partial charge in [0, 0.05) is 18.3 Å². The molecule has 2 unspecified atom stereocenters. The Morgan fingerprint density at radius 2 is 2.35 bits per heavy atom. The zero-order chi connectivity index (χ0) is 13.8. The van der Waals surface area contributed by atoms with E-state index < -0.39 is 18.0 Å². The summed E-state index contributed by atoms with van der Waals surface area (Å²) in [5.74, 6) is -0.630. The molecule has 0 bridgehead atoms. The van der Waals surface area contributed by atoms with Gasteiger partial charge in [0.2, 0.25) is 5.91 Å². The molecule has 1 aromatic rings. The molecule has 3 N–H and O–H groups in total. The summed E-state index contributed by atoms with van der Waals surface area (Å²) in [7, 11) is 0. The summed E-state index contributed by atoms with van der Waals surface area (Å²) in [4.78, 5) is 11.8. The molecule has 1 aliphatic rings. The Morgan fingerprint density at radius 3 is 2.90 bits per heavy atom. The molecule has 7 heteroatoms. The summed E-state index contributed by atoms with van der Waals surface area (Å²) in [6.45, 7) is 2.55. The average molecular weight is 305 g/mol. The van der Waals surface area contributed by atoms with Gasteiger partial charge >= 0.3 is 0 Å². The first-order chi connectivity index (χ1) is 9.10. The first kappa shape index (κ1) is 16.7. The number of halogens is 2. The van der Waals surface area contributed by atoms with Crippen LogP contribution in [0.15, 0.2) is 18.2 Å². The number of nitrogens with one attached hydrogen (secondary N) is 2. The van der Waals surface area contributed by atoms with E-state index >= 15 is 0 Å². The second kappa shape index (κ2) is 7.42. The van der Waals surface area contributed by atoms with E-state index in [9.17, 15) is 14.3 Å². The highest BCUT2D eigenvalue weighted by atomic mass is 35.5. The number of benzene rings is 1. The Balaban J connectivity index is 0.00000200. The standard InChI is InChI=1S/C13H17FN2O3.ClH/c1-2-19-12-4-3-8(5-10(12)14)16-13(18)11-6-9(17)7-15-11;/h3-5,9,11,15,17H,2,6-7H2,1H3,(H,16,18);1H. The summed E-state index contributed by atoms with van der Waals surface area (Å²) in [6.07, 6.45) is -0.140. The van der Waals surface area contributed by atoms with Gasteiger partial charge in [-0.05, 0) is 25.5 Å². The lowest BCUT2D eigenvalue weighted by molar-refractivity contribution is -0.117. The van der Waals surface area contributed by atoms with Crippen LogP contribution in [0.4, 0.5) is 10.1 Å². The van der Waals surface area contributed by atoms with Crippen molar-refractivity contribution in [2.75, 3.05) is 18.5 Å². The number of aliphatic hydroxyl groups is 1. The third kappa shape index (κ3) is 4.06. The maximum absolute atomic E-state index is 13.6. The molecule has 0 aromatic heterocycles. The Labute approximate surface area is 122 Å². The number of carbonyl (C=O) groups excluding carboxylic acids is 1. The van der Waals surface area contributed by atoms with Gasteiger partial charge in [-0.25, -0.2) is 4.39 Å². The smallest absolute Gasteiger partial charge is 0.241 e. The van der Waals surface area contributed by atoms with E-state index in [2.05, 4.69) is 10.6 Å². The van der Waals surface area contributed by atoms with E-state index in [1.807, 2.05) is 0 Å². The van der Waals surface area contributed by atoms with Gasteiger partial charge in [0.25, 0.3) is 0 Å². The van der Waals surface area contributed by atoms with Crippen molar-refractivity contribution in [2.24, 2.45) is 0 Å². The predicted octanol–water partition coefficient (Wildman–Crippen LogP) is 1.31. The minimum Gasteiger partial charge on any atom is -0.491 e. The van der Waals surface area contributed by atoms with Crippen molar-refractivity contribution in [1.29, 1.82) is 0 Å². The molecule has 1 fully saturated rings. The third-order valence-corrected chi connectivity index (χ3v) is 2.92. The van der Waals surface area contributed by atoms with Crippen LogP contribution in [-0.4, -0.2) is 36.3 Å². The van der Waals surface area contributed by atoms with Gasteiger partial charge in [-0.2, -0.15) is 0 Å². The number of rotatable bonds is 4. The Morgan fingerprint density at radius 1 is 1.60 bits per heavy atom. The molecular formula is C13H18ClFN2O3. The lowest BCUT2D eigenvalue weighted by Gasteiger charge is -2.12. The molecule has 1 aromatic carbocycles. The van der Waals surface area contributed by atoms with E-state index in [4.69, 9.17) is 4.74 Å². The number of aliphatic hydroxyl groups excluding tert-OH is 1. The first-order valence-corrected chi connectivity index (χ1v) is 6.24. The van der Waals surface area contributed by atoms with E-state index in [0.29, 0.717) is 25.3 Å². The van der Waals surface area contributed by atoms with Crippen LogP contribution in [0.25, 0.3) is 0 Å². The maximum Gasteiger partial charge on any atom is 0.241 e. The lowest BCUT2D eigenvalue weighted by atomic mass is 10.2. The second-order valence-electron chi connectivity index (χ2n) is 4.42. The van der Waals surface area contributed by atoms with Gasteiger partial charge in [0.1, 0.15) is 0 Å². The molecule has 1 heterocycles. The fourth-order valence-electron chi connectivity index (χ4n) is 2.00. The fraction of sp³-hybridized carbons (Fsp3) is 0.462. The van der Waals surface area contributed by atoms with Crippen molar-refractivity contribution in [3.05, 3.63) is 24.0 Å². The molecule has 2 atom stereocenters. The van der Waals surface area contributed by atoms with E-state index in [1.54, 1.807) is 13.0 Å². The van der Waals surface area contributed by atoms with Crippen LogP contribution in [0.1, 0.15) is 13.3 Å². The molecular weight excluding hydrogens is 287 g/mol. The third-order valence-electron chi connectivity index (χ3n) is 2.92. The summed E-state index contributed by atoms with van der Waals surface area (Å²) in [5.41, 5.74) is 0.370. The summed E-state index contributed by atoms with van der Waals surface area (Å²) < 4.78 is 18.7. The molecule has 0 radical (unpaired) electrons. The summed E-state index contributed by atoms with van der Waals surface area (Å²) in [5, 5.41) is 14.8. The highest BCUT2D eigenvalue weighted by Crippen LogP contribution is 2.21. The number of hydrogen-bond donors (Lipinski definition) is 3. The zero-order valence-electron chi connectivity index (χ0n) is 11.1. The molecule has 1 aliphatic heterocycles. The van der Waals surface area contributed by atoms with Crippen molar-refractivity contribution in [3.63, 3.8) is 0 Å². The molecule has 20 heavy (non-hydrogen) atoms. The van der Waals surface area contributed by atoms with Crippen LogP contribution >= 0.6 is 12.4 Å². The number of amides is 1. The zero-order valence-corrected chi connectivity index (χ0v) is 11.9. The van der Waals surface area contributed by atoms with Crippen molar-refractivity contribution in [2.45, 2.75) is 25.5 Å². The van der Waals surface area contributed by atoms with Crippen LogP contribution < -0.4 is 15.4 Å². The van der Waals surface area contributed by atoms with Crippen molar-refractivity contribution in [3.8, 4) is 5.75 Å². The normalized spacial score (nSPS) is 21.1. The Kier molecular flexibility index (Phi) is 6.19. The molecule has 1 amide bonds. The van der Waals surface area contributed by atoms with Gasteiger partial charge < -0.3 is 20.5 Å². The fourth-order valence-corrected chi connectivity index (χ4v) is 2.00. The number of ether oxygens (including phenoxy) is 1. The van der Waals surface area contributed by atoms with Gasteiger partial charge in [0.15, 0.2) is 11.6 Å². The monoisotopic (exact) mass is 304 g/mol. The van der Waals surface area contributed by atoms with Crippen molar-refractivity contribution < 1.29 is 19.0 Å². The lowest BCUT2D eigenvalue weighted by Crippen LogP contribution is -2.35. The molecule has 0 spiro atoms. The highest BCUT2D eigenvalue weighted by molar-refractivity contribution is 5.95. The number of β-amino-alcohol motifs (C(OH)–C–C–N with tert-alkyl or cyclic N) is 1. The van der Waals surface area contributed by atoms with Crippen LogP contribution in [0.3, 0.4) is 0 Å². The topological polar surface area (TPSA) is 70.6 Å². The second-order valence-corrected chi connectivity index (χ2v) is 4.42. The van der Waals surface area contributed by atoms with Gasteiger partial charge in [-0.15, -0.1) is 12.4 Å². The first-order valence-electron chi connectivity index (χ1n) is 6.24. The molecule has 0 saturated carbocycles. The van der Waals surface area contributed by atoms with Gasteiger partial charge in [0.05, 0.1) is 18.8 Å². The number of hydrogen-bond acceptors (Lipinski definition) is 4. The average Bonchev–Trinajstić information content (AvgIpc) is 2.80. The van der Waals surface area contributed by atoms with Crippen LogP contribution in [-0.2, 0) is 4.79 Å². The largest absolute Gasteiger partial charge is 0.491 e. The number of carbonyl (C=O) groups is 1. The Hall–Kier alpha value is -1.37.